The summed E-state index contributed by atoms with van der Waals surface area (Å²) in [5, 5.41) is 16.1. The van der Waals surface area contributed by atoms with Crippen molar-refractivity contribution in [1.29, 1.82) is 0 Å². The van der Waals surface area contributed by atoms with Crippen LogP contribution in [0.3, 0.4) is 0 Å². The van der Waals surface area contributed by atoms with Crippen molar-refractivity contribution in [1.82, 2.24) is 10.6 Å². The second kappa shape index (κ2) is 6.27. The molecule has 3 N–H and O–H groups in total. The Morgan fingerprint density at radius 1 is 1.45 bits per heavy atom. The van der Waals surface area contributed by atoms with Crippen LogP contribution in [0.25, 0.3) is 0 Å². The quantitative estimate of drug-likeness (QED) is 0.772. The number of rotatable bonds is 5. The number of phenols is 1. The molecule has 0 fully saturated rings. The van der Waals surface area contributed by atoms with Gasteiger partial charge in [0.1, 0.15) is 5.75 Å². The highest BCUT2D eigenvalue weighted by Gasteiger charge is 2.29. The minimum Gasteiger partial charge on any atom is -0.508 e. The van der Waals surface area contributed by atoms with E-state index in [2.05, 4.69) is 24.5 Å². The lowest BCUT2D eigenvalue weighted by atomic mass is 10.0. The fourth-order valence-electron chi connectivity index (χ4n) is 2.95. The van der Waals surface area contributed by atoms with E-state index in [4.69, 9.17) is 0 Å². The molecule has 0 radical (unpaired) electrons. The molecule has 1 amide bonds. The van der Waals surface area contributed by atoms with Crippen molar-refractivity contribution in [3.8, 4) is 5.75 Å². The van der Waals surface area contributed by atoms with Crippen molar-refractivity contribution in [2.24, 2.45) is 5.92 Å². The van der Waals surface area contributed by atoms with E-state index in [1.165, 1.54) is 0 Å². The van der Waals surface area contributed by atoms with E-state index < -0.39 is 0 Å². The molecule has 0 spiro atoms. The molecule has 1 aliphatic carbocycles. The molecule has 4 heteroatoms. The van der Waals surface area contributed by atoms with E-state index in [-0.39, 0.29) is 18.0 Å². The summed E-state index contributed by atoms with van der Waals surface area (Å²) in [5.74, 6) is 0.856. The summed E-state index contributed by atoms with van der Waals surface area (Å²) in [5.41, 5.74) is 2.15. The minimum atomic E-state index is -0.182. The first-order chi connectivity index (χ1) is 9.52. The molecule has 1 aromatic carbocycles. The first-order valence-electron chi connectivity index (χ1n) is 7.31. The predicted molar refractivity (Wildman–Crippen MR) is 79.6 cm³/mol. The number of hydrogen-bond acceptors (Lipinski definition) is 3. The van der Waals surface area contributed by atoms with Crippen molar-refractivity contribution in [3.05, 3.63) is 29.3 Å². The Labute approximate surface area is 120 Å². The fraction of sp³-hybridized carbons (Fsp3) is 0.562. The number of benzene rings is 1. The van der Waals surface area contributed by atoms with E-state index in [0.717, 1.165) is 30.4 Å². The van der Waals surface area contributed by atoms with Crippen molar-refractivity contribution in [3.63, 3.8) is 0 Å². The van der Waals surface area contributed by atoms with Crippen LogP contribution in [0.2, 0.25) is 0 Å². The number of hydrogen-bond donors (Lipinski definition) is 3. The van der Waals surface area contributed by atoms with Gasteiger partial charge in [-0.1, -0.05) is 26.0 Å². The third-order valence-corrected chi connectivity index (χ3v) is 3.92. The summed E-state index contributed by atoms with van der Waals surface area (Å²) in [4.78, 5) is 12.0. The van der Waals surface area contributed by atoms with Crippen LogP contribution in [-0.4, -0.2) is 24.1 Å². The highest BCUT2D eigenvalue weighted by atomic mass is 16.3. The monoisotopic (exact) mass is 276 g/mol. The van der Waals surface area contributed by atoms with E-state index >= 15 is 0 Å². The second-order valence-corrected chi connectivity index (χ2v) is 5.90. The lowest BCUT2D eigenvalue weighted by molar-refractivity contribution is -0.123. The zero-order valence-electron chi connectivity index (χ0n) is 12.4. The summed E-state index contributed by atoms with van der Waals surface area (Å²) in [7, 11) is 1.67. The first-order valence-corrected chi connectivity index (χ1v) is 7.31. The van der Waals surface area contributed by atoms with Gasteiger partial charge in [0, 0.05) is 13.1 Å². The summed E-state index contributed by atoms with van der Waals surface area (Å²) >= 11 is 0. The summed E-state index contributed by atoms with van der Waals surface area (Å²) in [6, 6.07) is 5.60. The Morgan fingerprint density at radius 2 is 2.20 bits per heavy atom. The molecule has 2 rings (SSSR count). The van der Waals surface area contributed by atoms with Gasteiger partial charge in [0.05, 0.1) is 6.04 Å². The lowest BCUT2D eigenvalue weighted by Crippen LogP contribution is -2.44. The maximum Gasteiger partial charge on any atom is 0.236 e. The molecule has 0 saturated carbocycles. The Bertz CT molecular complexity index is 485. The van der Waals surface area contributed by atoms with E-state index in [1.807, 2.05) is 12.1 Å². The van der Waals surface area contributed by atoms with Gasteiger partial charge in [-0.25, -0.2) is 0 Å². The van der Waals surface area contributed by atoms with Gasteiger partial charge in [0.15, 0.2) is 0 Å². The van der Waals surface area contributed by atoms with Crippen LogP contribution in [0, 0.1) is 5.92 Å². The predicted octanol–water partition coefficient (Wildman–Crippen LogP) is 2.13. The highest BCUT2D eigenvalue weighted by Crippen LogP contribution is 2.36. The molecule has 0 aliphatic heterocycles. The maximum absolute atomic E-state index is 12.0. The number of carbonyl (C=O) groups is 1. The van der Waals surface area contributed by atoms with Crippen LogP contribution in [0.15, 0.2) is 18.2 Å². The molecular formula is C16H24N2O2. The SMILES string of the molecule is CNC(=O)C(CC(C)C)NC1CCc2c(O)cccc21. The van der Waals surface area contributed by atoms with Crippen molar-refractivity contribution >= 4 is 5.91 Å². The van der Waals surface area contributed by atoms with Crippen molar-refractivity contribution < 1.29 is 9.90 Å². The van der Waals surface area contributed by atoms with Crippen LogP contribution >= 0.6 is 0 Å². The Balaban J connectivity index is 2.13. The number of amides is 1. The summed E-state index contributed by atoms with van der Waals surface area (Å²) in [6.07, 6.45) is 2.60. The van der Waals surface area contributed by atoms with E-state index in [1.54, 1.807) is 13.1 Å². The number of aromatic hydroxyl groups is 1. The Kier molecular flexibility index (Phi) is 4.65. The highest BCUT2D eigenvalue weighted by molar-refractivity contribution is 5.81. The second-order valence-electron chi connectivity index (χ2n) is 5.90. The van der Waals surface area contributed by atoms with Gasteiger partial charge >= 0.3 is 0 Å². The van der Waals surface area contributed by atoms with Crippen LogP contribution in [0.4, 0.5) is 0 Å². The molecule has 1 aliphatic rings. The molecule has 1 aromatic rings. The number of fused-ring (bicyclic) bond motifs is 1. The van der Waals surface area contributed by atoms with Crippen molar-refractivity contribution in [2.45, 2.75) is 45.2 Å². The molecule has 4 nitrogen and oxygen atoms in total. The third kappa shape index (κ3) is 3.12. The number of phenolic OH excluding ortho intramolecular Hbond substituents is 1. The molecule has 0 saturated heterocycles. The molecule has 110 valence electrons. The van der Waals surface area contributed by atoms with Gasteiger partial charge in [-0.15, -0.1) is 0 Å². The average molecular weight is 276 g/mol. The topological polar surface area (TPSA) is 61.4 Å². The molecule has 2 unspecified atom stereocenters. The normalized spacial score (nSPS) is 18.9. The van der Waals surface area contributed by atoms with E-state index in [0.29, 0.717) is 11.7 Å². The van der Waals surface area contributed by atoms with Crippen LogP contribution < -0.4 is 10.6 Å². The molecule has 0 heterocycles. The van der Waals surface area contributed by atoms with Gasteiger partial charge in [0.2, 0.25) is 5.91 Å². The lowest BCUT2D eigenvalue weighted by Gasteiger charge is -2.24. The van der Waals surface area contributed by atoms with Crippen LogP contribution in [0.1, 0.15) is 43.9 Å². The van der Waals surface area contributed by atoms with Crippen LogP contribution in [-0.2, 0) is 11.2 Å². The Hall–Kier alpha value is -1.55. The first kappa shape index (κ1) is 14.9. The zero-order chi connectivity index (χ0) is 14.7. The maximum atomic E-state index is 12.0. The zero-order valence-corrected chi connectivity index (χ0v) is 12.4. The largest absolute Gasteiger partial charge is 0.508 e. The van der Waals surface area contributed by atoms with Gasteiger partial charge in [-0.2, -0.15) is 0 Å². The summed E-state index contributed by atoms with van der Waals surface area (Å²) in [6.45, 7) is 4.23. The van der Waals surface area contributed by atoms with Gasteiger partial charge in [-0.3, -0.25) is 10.1 Å². The molecule has 0 aromatic heterocycles. The number of nitrogens with one attached hydrogen (secondary N) is 2. The standard InChI is InChI=1S/C16H24N2O2/c1-10(2)9-14(16(20)17-3)18-13-8-7-12-11(13)5-4-6-15(12)19/h4-6,10,13-14,18-19H,7-9H2,1-3H3,(H,17,20). The smallest absolute Gasteiger partial charge is 0.236 e. The number of likely N-dealkylation sites (N-methyl/N-ethyl adjacent to an activating group) is 1. The van der Waals surface area contributed by atoms with Gasteiger partial charge < -0.3 is 10.4 Å². The van der Waals surface area contributed by atoms with Crippen LogP contribution in [0.5, 0.6) is 5.75 Å². The molecule has 20 heavy (non-hydrogen) atoms. The fourth-order valence-corrected chi connectivity index (χ4v) is 2.95. The van der Waals surface area contributed by atoms with Crippen molar-refractivity contribution in [2.75, 3.05) is 7.05 Å². The summed E-state index contributed by atoms with van der Waals surface area (Å²) < 4.78 is 0. The third-order valence-electron chi connectivity index (χ3n) is 3.92. The van der Waals surface area contributed by atoms with Gasteiger partial charge in [-0.05, 0) is 42.4 Å². The minimum absolute atomic E-state index is 0.0345. The molecular weight excluding hydrogens is 252 g/mol. The number of carbonyl (C=O) groups excluding carboxylic acids is 1. The van der Waals surface area contributed by atoms with E-state index in [9.17, 15) is 9.90 Å². The Morgan fingerprint density at radius 3 is 2.85 bits per heavy atom. The van der Waals surface area contributed by atoms with Gasteiger partial charge in [0.25, 0.3) is 0 Å². The average Bonchev–Trinajstić information content (AvgIpc) is 2.81. The molecule has 2 atom stereocenters. The molecule has 0 bridgehead atoms.